The van der Waals surface area contributed by atoms with Crippen LogP contribution in [0.3, 0.4) is 0 Å². The summed E-state index contributed by atoms with van der Waals surface area (Å²) in [6.07, 6.45) is 6.77. The number of ether oxygens (including phenoxy) is 2. The van der Waals surface area contributed by atoms with Crippen molar-refractivity contribution in [3.63, 3.8) is 0 Å². The molecule has 2 aliphatic rings. The molecule has 1 aromatic carbocycles. The summed E-state index contributed by atoms with van der Waals surface area (Å²) in [5, 5.41) is 15.0. The van der Waals surface area contributed by atoms with Gasteiger partial charge in [0.15, 0.2) is 11.5 Å². The highest BCUT2D eigenvalue weighted by Gasteiger charge is 2.26. The van der Waals surface area contributed by atoms with Crippen molar-refractivity contribution >= 4 is 34.1 Å². The van der Waals surface area contributed by atoms with Gasteiger partial charge < -0.3 is 19.2 Å². The summed E-state index contributed by atoms with van der Waals surface area (Å²) in [5.41, 5.74) is 1.71. The summed E-state index contributed by atoms with van der Waals surface area (Å²) < 4.78 is 15.9. The number of aliphatic imine (C=N–C) groups is 1. The quantitative estimate of drug-likeness (QED) is 0.333. The smallest absolute Gasteiger partial charge is 0.282 e. The highest BCUT2D eigenvalue weighted by Crippen LogP contribution is 2.41. The highest BCUT2D eigenvalue weighted by atomic mass is 32.1. The second-order valence-corrected chi connectivity index (χ2v) is 8.52. The average Bonchev–Trinajstić information content (AvgIpc) is 3.54. The molecule has 1 amide bonds. The Labute approximate surface area is 186 Å². The van der Waals surface area contributed by atoms with E-state index >= 15 is 0 Å². The minimum atomic E-state index is -0.486. The maximum atomic E-state index is 13.1. The first-order valence-corrected chi connectivity index (χ1v) is 11.0. The molecule has 0 fully saturated rings. The molecular formula is C22H19N3O6S. The molecule has 1 aliphatic heterocycles. The van der Waals surface area contributed by atoms with Gasteiger partial charge in [-0.1, -0.05) is 0 Å². The van der Waals surface area contributed by atoms with E-state index in [-0.39, 0.29) is 30.5 Å². The van der Waals surface area contributed by atoms with E-state index in [1.807, 2.05) is 0 Å². The monoisotopic (exact) mass is 453 g/mol. The summed E-state index contributed by atoms with van der Waals surface area (Å²) in [4.78, 5) is 29.8. The molecule has 0 saturated heterocycles. The van der Waals surface area contributed by atoms with Gasteiger partial charge in [0.2, 0.25) is 6.79 Å². The Morgan fingerprint density at radius 1 is 1.25 bits per heavy atom. The molecule has 0 spiro atoms. The van der Waals surface area contributed by atoms with E-state index in [0.717, 1.165) is 36.1 Å². The van der Waals surface area contributed by atoms with Crippen LogP contribution >= 0.6 is 11.3 Å². The van der Waals surface area contributed by atoms with Crippen molar-refractivity contribution in [3.8, 4) is 11.5 Å². The van der Waals surface area contributed by atoms with Gasteiger partial charge in [0.1, 0.15) is 10.8 Å². The molecule has 0 radical (unpaired) electrons. The first kappa shape index (κ1) is 20.3. The van der Waals surface area contributed by atoms with Gasteiger partial charge in [-0.15, -0.1) is 11.3 Å². The zero-order chi connectivity index (χ0) is 22.1. The average molecular weight is 453 g/mol. The van der Waals surface area contributed by atoms with Crippen LogP contribution in [-0.4, -0.2) is 23.8 Å². The number of fused-ring (bicyclic) bond motifs is 2. The standard InChI is InChI=1S/C22H19N3O6S/c26-21(23-11-14-4-3-7-29-14)20-15-5-1-2-6-19(15)32-22(20)24-10-13-8-17-18(31-12-30-17)9-16(13)25(27)28/h3-4,7-10H,1-2,5-6,11-12H2,(H,23,26). The third-order valence-corrected chi connectivity index (χ3v) is 6.62. The molecule has 5 rings (SSSR count). The summed E-state index contributed by atoms with van der Waals surface area (Å²) in [6, 6.07) is 6.43. The van der Waals surface area contributed by atoms with Crippen molar-refractivity contribution < 1.29 is 23.6 Å². The Morgan fingerprint density at radius 2 is 2.06 bits per heavy atom. The van der Waals surface area contributed by atoms with Crippen LogP contribution in [0.4, 0.5) is 10.7 Å². The number of amides is 1. The largest absolute Gasteiger partial charge is 0.467 e. The third kappa shape index (κ3) is 3.84. The molecule has 3 aromatic rings. The molecule has 0 unspecified atom stereocenters. The van der Waals surface area contributed by atoms with Gasteiger partial charge >= 0.3 is 0 Å². The minimum absolute atomic E-state index is 0.0186. The number of furan rings is 1. The number of thiophene rings is 1. The zero-order valence-electron chi connectivity index (χ0n) is 17.0. The van der Waals surface area contributed by atoms with Crippen LogP contribution in [0.2, 0.25) is 0 Å². The lowest BCUT2D eigenvalue weighted by Gasteiger charge is -2.12. The lowest BCUT2D eigenvalue weighted by Crippen LogP contribution is -2.23. The molecule has 1 N–H and O–H groups in total. The van der Waals surface area contributed by atoms with E-state index in [4.69, 9.17) is 13.9 Å². The maximum absolute atomic E-state index is 13.1. The summed E-state index contributed by atoms with van der Waals surface area (Å²) in [6.45, 7) is 0.290. The van der Waals surface area contributed by atoms with Crippen LogP contribution in [0.25, 0.3) is 0 Å². The van der Waals surface area contributed by atoms with Crippen LogP contribution in [0, 0.1) is 10.1 Å². The third-order valence-electron chi connectivity index (χ3n) is 5.42. The molecule has 3 heterocycles. The van der Waals surface area contributed by atoms with E-state index in [0.29, 0.717) is 27.8 Å². The summed E-state index contributed by atoms with van der Waals surface area (Å²) in [7, 11) is 0. The summed E-state index contributed by atoms with van der Waals surface area (Å²) >= 11 is 1.46. The molecule has 0 bridgehead atoms. The SMILES string of the molecule is O=C(NCc1ccco1)c1c(N=Cc2cc3c(cc2[N+](=O)[O-])OCO3)sc2c1CCCC2. The maximum Gasteiger partial charge on any atom is 0.282 e. The number of rotatable bonds is 6. The van der Waals surface area contributed by atoms with Crippen molar-refractivity contribution in [2.24, 2.45) is 4.99 Å². The first-order valence-electron chi connectivity index (χ1n) is 10.2. The van der Waals surface area contributed by atoms with E-state index in [2.05, 4.69) is 10.3 Å². The van der Waals surface area contributed by atoms with Crippen molar-refractivity contribution in [2.45, 2.75) is 32.2 Å². The fourth-order valence-electron chi connectivity index (χ4n) is 3.88. The number of nitrogens with zero attached hydrogens (tertiary/aromatic N) is 2. The van der Waals surface area contributed by atoms with Gasteiger partial charge in [-0.05, 0) is 49.4 Å². The predicted molar refractivity (Wildman–Crippen MR) is 117 cm³/mol. The van der Waals surface area contributed by atoms with Crippen molar-refractivity contribution in [2.75, 3.05) is 6.79 Å². The number of nitro benzene ring substituents is 1. The Kier molecular flexibility index (Phi) is 5.36. The Morgan fingerprint density at radius 3 is 2.84 bits per heavy atom. The topological polar surface area (TPSA) is 116 Å². The molecule has 0 atom stereocenters. The van der Waals surface area contributed by atoms with Crippen LogP contribution in [-0.2, 0) is 19.4 Å². The normalized spacial score (nSPS) is 14.5. The second-order valence-electron chi connectivity index (χ2n) is 7.43. The van der Waals surface area contributed by atoms with Crippen molar-refractivity contribution in [3.05, 3.63) is 68.0 Å². The van der Waals surface area contributed by atoms with Gasteiger partial charge in [-0.25, -0.2) is 4.99 Å². The number of nitro groups is 1. The highest BCUT2D eigenvalue weighted by molar-refractivity contribution is 7.16. The van der Waals surface area contributed by atoms with E-state index < -0.39 is 4.92 Å². The van der Waals surface area contributed by atoms with Gasteiger partial charge in [0.05, 0.1) is 34.9 Å². The van der Waals surface area contributed by atoms with Crippen LogP contribution in [0.5, 0.6) is 11.5 Å². The molecule has 9 nitrogen and oxygen atoms in total. The number of hydrogen-bond donors (Lipinski definition) is 1. The Balaban J connectivity index is 1.48. The predicted octanol–water partition coefficient (Wildman–Crippen LogP) is 4.54. The van der Waals surface area contributed by atoms with Gasteiger partial charge in [0.25, 0.3) is 11.6 Å². The van der Waals surface area contributed by atoms with Gasteiger partial charge in [-0.3, -0.25) is 14.9 Å². The zero-order valence-corrected chi connectivity index (χ0v) is 17.8. The van der Waals surface area contributed by atoms with Crippen molar-refractivity contribution in [1.29, 1.82) is 0 Å². The lowest BCUT2D eigenvalue weighted by atomic mass is 9.95. The minimum Gasteiger partial charge on any atom is -0.467 e. The lowest BCUT2D eigenvalue weighted by molar-refractivity contribution is -0.385. The molecule has 1 aliphatic carbocycles. The van der Waals surface area contributed by atoms with Crippen LogP contribution < -0.4 is 14.8 Å². The number of nitrogens with one attached hydrogen (secondary N) is 1. The molecule has 0 saturated carbocycles. The van der Waals surface area contributed by atoms with Crippen LogP contribution in [0.1, 0.15) is 45.0 Å². The number of carbonyl (C=O) groups excluding carboxylic acids is 1. The molecule has 32 heavy (non-hydrogen) atoms. The Hall–Kier alpha value is -3.66. The van der Waals surface area contributed by atoms with E-state index in [1.54, 1.807) is 18.4 Å². The van der Waals surface area contributed by atoms with Crippen molar-refractivity contribution in [1.82, 2.24) is 5.32 Å². The number of aryl methyl sites for hydroxylation is 1. The van der Waals surface area contributed by atoms with Crippen LogP contribution in [0.15, 0.2) is 39.9 Å². The first-order chi connectivity index (χ1) is 15.6. The van der Waals surface area contributed by atoms with E-state index in [9.17, 15) is 14.9 Å². The molecule has 10 heteroatoms. The molecule has 164 valence electrons. The van der Waals surface area contributed by atoms with Gasteiger partial charge in [0, 0.05) is 11.1 Å². The fraction of sp³-hybridized carbons (Fsp3) is 0.273. The Bertz CT molecular complexity index is 1210. The second kappa shape index (κ2) is 8.46. The summed E-state index contributed by atoms with van der Waals surface area (Å²) in [5.74, 6) is 1.19. The molecular weight excluding hydrogens is 434 g/mol. The van der Waals surface area contributed by atoms with E-state index in [1.165, 1.54) is 29.7 Å². The molecule has 2 aromatic heterocycles. The number of benzene rings is 1. The number of hydrogen-bond acceptors (Lipinski definition) is 8. The van der Waals surface area contributed by atoms with Gasteiger partial charge in [-0.2, -0.15) is 0 Å². The number of carbonyl (C=O) groups is 1. The fourth-order valence-corrected chi connectivity index (χ4v) is 5.11.